The van der Waals surface area contributed by atoms with E-state index in [1.165, 1.54) is 4.90 Å². The van der Waals surface area contributed by atoms with Crippen molar-refractivity contribution in [1.82, 2.24) is 9.80 Å². The maximum Gasteiger partial charge on any atom is 0.312 e. The summed E-state index contributed by atoms with van der Waals surface area (Å²) in [6, 6.07) is -1.46. The molecule has 1 spiro atoms. The molecular formula is C24H38N2O6. The molecule has 0 aromatic heterocycles. The Balaban J connectivity index is 2.09. The van der Waals surface area contributed by atoms with Crippen molar-refractivity contribution in [2.24, 2.45) is 11.8 Å². The van der Waals surface area contributed by atoms with Crippen LogP contribution in [0.3, 0.4) is 0 Å². The molecule has 0 aliphatic carbocycles. The van der Waals surface area contributed by atoms with E-state index in [0.717, 1.165) is 12.8 Å². The van der Waals surface area contributed by atoms with E-state index in [9.17, 15) is 19.5 Å². The van der Waals surface area contributed by atoms with Crippen LogP contribution in [0.15, 0.2) is 12.7 Å². The molecule has 2 unspecified atom stereocenters. The second-order valence-corrected chi connectivity index (χ2v) is 9.29. The highest BCUT2D eigenvalue weighted by Crippen LogP contribution is 2.64. The van der Waals surface area contributed by atoms with Crippen molar-refractivity contribution in [3.05, 3.63) is 12.7 Å². The van der Waals surface area contributed by atoms with Crippen LogP contribution in [0, 0.1) is 11.8 Å². The molecule has 0 aromatic rings. The molecule has 3 rings (SSSR count). The molecule has 6 atom stereocenters. The number of hydrogen-bond donors (Lipinski definition) is 1. The average molecular weight is 451 g/mol. The van der Waals surface area contributed by atoms with E-state index in [2.05, 4.69) is 13.5 Å². The van der Waals surface area contributed by atoms with Gasteiger partial charge >= 0.3 is 5.97 Å². The summed E-state index contributed by atoms with van der Waals surface area (Å²) in [5.41, 5.74) is -1.89. The fourth-order valence-corrected chi connectivity index (χ4v) is 6.06. The van der Waals surface area contributed by atoms with Crippen LogP contribution >= 0.6 is 0 Å². The van der Waals surface area contributed by atoms with Crippen molar-refractivity contribution in [2.75, 3.05) is 26.3 Å². The van der Waals surface area contributed by atoms with E-state index >= 15 is 0 Å². The highest BCUT2D eigenvalue weighted by Gasteiger charge is 2.79. The quantitative estimate of drug-likeness (QED) is 0.382. The minimum atomic E-state index is -1.09. The molecule has 3 aliphatic rings. The molecule has 32 heavy (non-hydrogen) atoms. The van der Waals surface area contributed by atoms with Crippen molar-refractivity contribution in [3.63, 3.8) is 0 Å². The Bertz CT molecular complexity index is 757. The summed E-state index contributed by atoms with van der Waals surface area (Å²) >= 11 is 0. The normalized spacial score (nSPS) is 33.8. The van der Waals surface area contributed by atoms with E-state index in [1.807, 2.05) is 6.92 Å². The number of rotatable bonds is 11. The molecule has 8 heteroatoms. The number of ether oxygens (including phenoxy) is 2. The predicted molar refractivity (Wildman–Crippen MR) is 119 cm³/mol. The third-order valence-corrected chi connectivity index (χ3v) is 7.58. The molecule has 1 N–H and O–H groups in total. The van der Waals surface area contributed by atoms with Crippen LogP contribution in [0.2, 0.25) is 0 Å². The first-order chi connectivity index (χ1) is 15.3. The molecule has 3 heterocycles. The average Bonchev–Trinajstić information content (AvgIpc) is 3.39. The van der Waals surface area contributed by atoms with Gasteiger partial charge in [0.25, 0.3) is 0 Å². The molecule has 0 radical (unpaired) electrons. The maximum atomic E-state index is 13.9. The Morgan fingerprint density at radius 3 is 2.66 bits per heavy atom. The first kappa shape index (κ1) is 24.7. The zero-order chi connectivity index (χ0) is 23.7. The van der Waals surface area contributed by atoms with Gasteiger partial charge in [-0.2, -0.15) is 0 Å². The van der Waals surface area contributed by atoms with Crippen molar-refractivity contribution in [3.8, 4) is 0 Å². The Labute approximate surface area is 190 Å². The SMILES string of the molecule is C=CCN(CCCC)C(=O)C1N([C@H](C)CO)C(=O)[C@@H]2[C@@H](C(=O)OCC)[C@@]3(CC)CCC12O3. The largest absolute Gasteiger partial charge is 0.466 e. The first-order valence-electron chi connectivity index (χ1n) is 12.0. The Morgan fingerprint density at radius 2 is 2.09 bits per heavy atom. The number of hydrogen-bond acceptors (Lipinski definition) is 6. The van der Waals surface area contributed by atoms with Gasteiger partial charge in [0.15, 0.2) is 0 Å². The van der Waals surface area contributed by atoms with Gasteiger partial charge in [-0.25, -0.2) is 0 Å². The number of carbonyl (C=O) groups is 3. The van der Waals surface area contributed by atoms with Crippen LogP contribution < -0.4 is 0 Å². The summed E-state index contributed by atoms with van der Waals surface area (Å²) in [5, 5.41) is 9.91. The molecule has 0 aromatic carbocycles. The first-order valence-corrected chi connectivity index (χ1v) is 12.0. The van der Waals surface area contributed by atoms with E-state index in [-0.39, 0.29) is 25.0 Å². The van der Waals surface area contributed by atoms with Crippen LogP contribution in [-0.4, -0.2) is 82.3 Å². The van der Waals surface area contributed by atoms with Crippen LogP contribution in [0.4, 0.5) is 0 Å². The minimum Gasteiger partial charge on any atom is -0.466 e. The predicted octanol–water partition coefficient (Wildman–Crippen LogP) is 1.90. The zero-order valence-electron chi connectivity index (χ0n) is 19.8. The Hall–Kier alpha value is -1.93. The summed E-state index contributed by atoms with van der Waals surface area (Å²) in [6.45, 7) is 12.1. The van der Waals surface area contributed by atoms with Crippen LogP contribution in [0.25, 0.3) is 0 Å². The minimum absolute atomic E-state index is 0.203. The zero-order valence-corrected chi connectivity index (χ0v) is 19.8. The van der Waals surface area contributed by atoms with Crippen molar-refractivity contribution >= 4 is 17.8 Å². The highest BCUT2D eigenvalue weighted by atomic mass is 16.6. The number of aliphatic hydroxyl groups excluding tert-OH is 1. The van der Waals surface area contributed by atoms with Gasteiger partial charge in [0, 0.05) is 13.1 Å². The Morgan fingerprint density at radius 1 is 1.38 bits per heavy atom. The van der Waals surface area contributed by atoms with Crippen LogP contribution in [0.5, 0.6) is 0 Å². The summed E-state index contributed by atoms with van der Waals surface area (Å²) in [4.78, 5) is 44.0. The van der Waals surface area contributed by atoms with Crippen molar-refractivity contribution < 1.29 is 29.0 Å². The summed E-state index contributed by atoms with van der Waals surface area (Å²) < 4.78 is 12.0. The monoisotopic (exact) mass is 450 g/mol. The standard InChI is InChI=1S/C24H38N2O6/c1-6-10-14-25(13-7-2)21(29)19-24-12-11-23(8-3,32-24)18(22(30)31-9-4)17(24)20(28)26(19)16(5)15-27/h7,16-19,27H,2,6,8-15H2,1,3-5H3/t16-,17+,18+,19?,23-,24?/m1/s1. The molecule has 180 valence electrons. The lowest BCUT2D eigenvalue weighted by Crippen LogP contribution is -2.58. The number of unbranched alkanes of at least 4 members (excludes halogenated alkanes) is 1. The second kappa shape index (κ2) is 9.51. The van der Waals surface area contributed by atoms with E-state index < -0.39 is 41.1 Å². The third-order valence-electron chi connectivity index (χ3n) is 7.58. The van der Waals surface area contributed by atoms with Gasteiger partial charge in [-0.15, -0.1) is 6.58 Å². The fraction of sp³-hybridized carbons (Fsp3) is 0.792. The Kier molecular flexibility index (Phi) is 7.34. The van der Waals surface area contributed by atoms with E-state index in [1.54, 1.807) is 24.8 Å². The molecule has 8 nitrogen and oxygen atoms in total. The molecule has 2 amide bonds. The van der Waals surface area contributed by atoms with Gasteiger partial charge in [0.2, 0.25) is 11.8 Å². The smallest absolute Gasteiger partial charge is 0.312 e. The summed E-state index contributed by atoms with van der Waals surface area (Å²) in [5.74, 6) is -2.47. The topological polar surface area (TPSA) is 96.4 Å². The van der Waals surface area contributed by atoms with Gasteiger partial charge in [-0.3, -0.25) is 14.4 Å². The molecule has 3 saturated heterocycles. The summed E-state index contributed by atoms with van der Waals surface area (Å²) in [6.07, 6.45) is 5.12. The van der Waals surface area contributed by atoms with Gasteiger partial charge < -0.3 is 24.4 Å². The number of esters is 1. The second-order valence-electron chi connectivity index (χ2n) is 9.29. The fourth-order valence-electron chi connectivity index (χ4n) is 6.06. The van der Waals surface area contributed by atoms with Gasteiger partial charge in [0.05, 0.1) is 30.8 Å². The number of likely N-dealkylation sites (tertiary alicyclic amines) is 1. The lowest BCUT2D eigenvalue weighted by Gasteiger charge is -2.38. The highest BCUT2D eigenvalue weighted by molar-refractivity contribution is 5.98. The number of aliphatic hydroxyl groups is 1. The number of amides is 2. The van der Waals surface area contributed by atoms with Gasteiger partial charge in [-0.1, -0.05) is 26.3 Å². The van der Waals surface area contributed by atoms with E-state index in [0.29, 0.717) is 32.4 Å². The molecule has 3 fully saturated rings. The van der Waals surface area contributed by atoms with Gasteiger partial charge in [-0.05, 0) is 39.5 Å². The number of fused-ring (bicyclic) bond motifs is 1. The number of carbonyl (C=O) groups excluding carboxylic acids is 3. The van der Waals surface area contributed by atoms with Crippen molar-refractivity contribution in [2.45, 2.75) is 83.1 Å². The molecule has 3 aliphatic heterocycles. The molecule has 2 bridgehead atoms. The molecular weight excluding hydrogens is 412 g/mol. The third kappa shape index (κ3) is 3.55. The van der Waals surface area contributed by atoms with Crippen LogP contribution in [0.1, 0.15) is 59.8 Å². The molecule has 0 saturated carbocycles. The lowest BCUT2D eigenvalue weighted by atomic mass is 9.65. The summed E-state index contributed by atoms with van der Waals surface area (Å²) in [7, 11) is 0. The van der Waals surface area contributed by atoms with E-state index in [4.69, 9.17) is 9.47 Å². The van der Waals surface area contributed by atoms with Crippen molar-refractivity contribution in [1.29, 1.82) is 0 Å². The van der Waals surface area contributed by atoms with Gasteiger partial charge in [0.1, 0.15) is 17.6 Å². The maximum absolute atomic E-state index is 13.9. The number of nitrogens with zero attached hydrogens (tertiary/aromatic N) is 2. The lowest BCUT2D eigenvalue weighted by molar-refractivity contribution is -0.163. The van der Waals surface area contributed by atoms with Crippen LogP contribution in [-0.2, 0) is 23.9 Å².